The quantitative estimate of drug-likeness (QED) is 0.0147. The van der Waals surface area contributed by atoms with Crippen LogP contribution >= 0.6 is 7.82 Å². The largest absolute Gasteiger partial charge is 0.472 e. The first-order valence-electron chi connectivity index (χ1n) is 25.6. The van der Waals surface area contributed by atoms with Crippen molar-refractivity contribution in [3.8, 4) is 0 Å². The van der Waals surface area contributed by atoms with E-state index in [1.165, 1.54) is 89.9 Å². The number of phosphoric acid groups is 1. The fraction of sp³-hybridized carbons (Fsp3) is 0.788. The molecule has 6 N–H and O–H groups in total. The standard InChI is InChI=1S/C52H93O12P/c1-3-5-7-9-11-13-15-17-19-21-23-24-26-28-30-32-34-36-38-40-42-61-43-45(44-62-65(59,60)64-52-50(57)48(55)47(54)49(56)51(52)58)63-46(53)41-39-37-35-33-31-29-27-25-22-20-18-16-14-12-10-8-6-4-2/h5,7,11,13,17,19,23-24,28,30,45,47-52,54-58H,3-4,6,8-10,12,14-16,18,20-22,25-27,29,31-44H2,1-2H3,(H,59,60)/b7-5-,13-11-,19-17-,24-23-,30-28-. The maximum Gasteiger partial charge on any atom is 0.472 e. The van der Waals surface area contributed by atoms with Crippen LogP contribution in [0.3, 0.4) is 0 Å². The predicted octanol–water partition coefficient (Wildman–Crippen LogP) is 11.4. The SMILES string of the molecule is CC/C=C\C/C=C\C/C=C\C/C=C\C/C=C\CCCCCCOCC(COP(=O)(O)OC1C(O)C(O)C(O)C(O)C1O)OC(=O)CCCCCCCCCCCCCCCCCCCC. The minimum atomic E-state index is -5.03. The van der Waals surface area contributed by atoms with Crippen LogP contribution in [0.1, 0.15) is 200 Å². The highest BCUT2D eigenvalue weighted by Crippen LogP contribution is 2.47. The number of allylic oxidation sites excluding steroid dienone is 10. The highest BCUT2D eigenvalue weighted by atomic mass is 31.2. The second-order valence-electron chi connectivity index (χ2n) is 17.6. The minimum Gasteiger partial charge on any atom is -0.457 e. The molecule has 0 bridgehead atoms. The van der Waals surface area contributed by atoms with E-state index in [4.69, 9.17) is 18.5 Å². The molecule has 12 nitrogen and oxygen atoms in total. The molecular weight excluding hydrogens is 848 g/mol. The average Bonchev–Trinajstić information content (AvgIpc) is 3.29. The number of esters is 1. The number of carbonyl (C=O) groups excluding carboxylic acids is 1. The summed E-state index contributed by atoms with van der Waals surface area (Å²) in [6.07, 6.45) is 41.4. The zero-order valence-electron chi connectivity index (χ0n) is 40.5. The van der Waals surface area contributed by atoms with E-state index in [0.717, 1.165) is 83.5 Å². The molecule has 1 fully saturated rings. The van der Waals surface area contributed by atoms with E-state index in [0.29, 0.717) is 13.0 Å². The smallest absolute Gasteiger partial charge is 0.457 e. The summed E-state index contributed by atoms with van der Waals surface area (Å²) in [6.45, 7) is 4.11. The lowest BCUT2D eigenvalue weighted by Crippen LogP contribution is -2.64. The van der Waals surface area contributed by atoms with Gasteiger partial charge in [-0.1, -0.05) is 197 Å². The van der Waals surface area contributed by atoms with Crippen LogP contribution in [-0.4, -0.2) is 98.9 Å². The number of phosphoric ester groups is 1. The highest BCUT2D eigenvalue weighted by Gasteiger charge is 2.51. The average molecular weight is 941 g/mol. The molecule has 0 amide bonds. The van der Waals surface area contributed by atoms with E-state index < -0.39 is 63.1 Å². The van der Waals surface area contributed by atoms with Crippen LogP contribution in [0.2, 0.25) is 0 Å². The van der Waals surface area contributed by atoms with Crippen molar-refractivity contribution in [3.63, 3.8) is 0 Å². The molecule has 0 spiro atoms. The second-order valence-corrected chi connectivity index (χ2v) is 19.1. The summed E-state index contributed by atoms with van der Waals surface area (Å²) >= 11 is 0. The van der Waals surface area contributed by atoms with Crippen molar-refractivity contribution in [2.45, 2.75) is 243 Å². The van der Waals surface area contributed by atoms with Gasteiger partial charge in [0.2, 0.25) is 0 Å². The Morgan fingerprint density at radius 3 is 1.38 bits per heavy atom. The Hall–Kier alpha value is -1.96. The monoisotopic (exact) mass is 941 g/mol. The molecule has 13 heteroatoms. The number of hydrogen-bond donors (Lipinski definition) is 6. The van der Waals surface area contributed by atoms with Gasteiger partial charge in [0.25, 0.3) is 0 Å². The number of ether oxygens (including phenoxy) is 2. The third-order valence-electron chi connectivity index (χ3n) is 11.7. The van der Waals surface area contributed by atoms with Gasteiger partial charge in [-0.15, -0.1) is 0 Å². The van der Waals surface area contributed by atoms with Gasteiger partial charge < -0.3 is 39.9 Å². The van der Waals surface area contributed by atoms with Crippen LogP contribution in [0.25, 0.3) is 0 Å². The van der Waals surface area contributed by atoms with E-state index >= 15 is 0 Å². The molecule has 0 heterocycles. The Labute approximate surface area is 394 Å². The van der Waals surface area contributed by atoms with Crippen LogP contribution in [0.15, 0.2) is 60.8 Å². The molecule has 1 aliphatic rings. The lowest BCUT2D eigenvalue weighted by molar-refractivity contribution is -0.220. The van der Waals surface area contributed by atoms with Crippen LogP contribution in [0, 0.1) is 0 Å². The van der Waals surface area contributed by atoms with Crippen molar-refractivity contribution in [1.29, 1.82) is 0 Å². The summed E-state index contributed by atoms with van der Waals surface area (Å²) in [5.74, 6) is -0.485. The fourth-order valence-electron chi connectivity index (χ4n) is 7.62. The summed E-state index contributed by atoms with van der Waals surface area (Å²) in [5.41, 5.74) is 0. The normalized spacial score (nSPS) is 22.0. The Morgan fingerprint density at radius 2 is 0.908 bits per heavy atom. The molecule has 378 valence electrons. The van der Waals surface area contributed by atoms with Gasteiger partial charge in [-0.05, 0) is 57.8 Å². The number of unbranched alkanes of at least 4 members (excludes halogenated alkanes) is 21. The summed E-state index contributed by atoms with van der Waals surface area (Å²) in [4.78, 5) is 23.2. The molecule has 6 atom stereocenters. The maximum absolute atomic E-state index is 12.9. The molecule has 0 aliphatic heterocycles. The van der Waals surface area contributed by atoms with Crippen LogP contribution in [0.5, 0.6) is 0 Å². The van der Waals surface area contributed by atoms with Crippen LogP contribution in [-0.2, 0) is 27.9 Å². The Balaban J connectivity index is 2.37. The zero-order valence-corrected chi connectivity index (χ0v) is 41.4. The molecule has 1 rings (SSSR count). The number of rotatable bonds is 43. The molecule has 6 unspecified atom stereocenters. The zero-order chi connectivity index (χ0) is 47.6. The molecule has 0 radical (unpaired) electrons. The van der Waals surface area contributed by atoms with Crippen LogP contribution in [0.4, 0.5) is 0 Å². The van der Waals surface area contributed by atoms with Gasteiger partial charge in [0.1, 0.15) is 42.7 Å². The molecule has 65 heavy (non-hydrogen) atoms. The topological polar surface area (TPSA) is 192 Å². The van der Waals surface area contributed by atoms with Gasteiger partial charge in [-0.25, -0.2) is 4.57 Å². The third kappa shape index (κ3) is 34.1. The summed E-state index contributed by atoms with van der Waals surface area (Å²) < 4.78 is 34.3. The number of hydrogen-bond acceptors (Lipinski definition) is 11. The molecular formula is C52H93O12P. The van der Waals surface area contributed by atoms with Crippen molar-refractivity contribution < 1.29 is 58.3 Å². The van der Waals surface area contributed by atoms with Crippen molar-refractivity contribution in [2.75, 3.05) is 19.8 Å². The van der Waals surface area contributed by atoms with Gasteiger partial charge in [0.05, 0.1) is 13.2 Å². The minimum absolute atomic E-state index is 0.0940. The molecule has 0 aromatic carbocycles. The summed E-state index contributed by atoms with van der Waals surface area (Å²) in [7, 11) is -5.03. The first-order chi connectivity index (χ1) is 31.5. The van der Waals surface area contributed by atoms with Crippen molar-refractivity contribution in [2.24, 2.45) is 0 Å². The van der Waals surface area contributed by atoms with Gasteiger partial charge in [-0.2, -0.15) is 0 Å². The third-order valence-corrected chi connectivity index (χ3v) is 12.6. The van der Waals surface area contributed by atoms with E-state index in [1.54, 1.807) is 0 Å². The Kier molecular flexibility index (Phi) is 39.6. The van der Waals surface area contributed by atoms with Gasteiger partial charge in [0.15, 0.2) is 0 Å². The summed E-state index contributed by atoms with van der Waals surface area (Å²) in [5, 5.41) is 50.3. The molecule has 0 saturated heterocycles. The number of aliphatic hydroxyl groups is 5. The Morgan fingerprint density at radius 1 is 0.508 bits per heavy atom. The van der Waals surface area contributed by atoms with Crippen molar-refractivity contribution >= 4 is 13.8 Å². The summed E-state index contributed by atoms with van der Waals surface area (Å²) in [6, 6.07) is 0. The first kappa shape index (κ1) is 61.1. The lowest BCUT2D eigenvalue weighted by atomic mass is 9.85. The second kappa shape index (κ2) is 42.2. The Bertz CT molecular complexity index is 1300. The first-order valence-corrected chi connectivity index (χ1v) is 27.1. The highest BCUT2D eigenvalue weighted by molar-refractivity contribution is 7.47. The van der Waals surface area contributed by atoms with E-state index in [2.05, 4.69) is 74.6 Å². The van der Waals surface area contributed by atoms with Crippen LogP contribution < -0.4 is 0 Å². The van der Waals surface area contributed by atoms with Gasteiger partial charge in [-0.3, -0.25) is 13.8 Å². The molecule has 1 saturated carbocycles. The molecule has 0 aromatic rings. The van der Waals surface area contributed by atoms with Gasteiger partial charge >= 0.3 is 13.8 Å². The molecule has 0 aromatic heterocycles. The fourth-order valence-corrected chi connectivity index (χ4v) is 8.59. The predicted molar refractivity (Wildman–Crippen MR) is 262 cm³/mol. The molecule has 1 aliphatic carbocycles. The van der Waals surface area contributed by atoms with Crippen molar-refractivity contribution in [1.82, 2.24) is 0 Å². The van der Waals surface area contributed by atoms with Gasteiger partial charge in [0, 0.05) is 13.0 Å². The van der Waals surface area contributed by atoms with E-state index in [1.807, 2.05) is 0 Å². The van der Waals surface area contributed by atoms with Crippen molar-refractivity contribution in [3.05, 3.63) is 60.8 Å². The van der Waals surface area contributed by atoms with E-state index in [-0.39, 0.29) is 13.0 Å². The lowest BCUT2D eigenvalue weighted by Gasteiger charge is -2.41. The van der Waals surface area contributed by atoms with E-state index in [9.17, 15) is 39.8 Å². The number of carbonyl (C=O) groups is 1. The maximum atomic E-state index is 12.9. The number of aliphatic hydroxyl groups excluding tert-OH is 5.